The molecule has 0 amide bonds. The average Bonchev–Trinajstić information content (AvgIpc) is 3.08. The van der Waals surface area contributed by atoms with E-state index < -0.39 is 0 Å². The van der Waals surface area contributed by atoms with Crippen LogP contribution in [0, 0.1) is 11.3 Å². The van der Waals surface area contributed by atoms with Gasteiger partial charge in [-0.3, -0.25) is 0 Å². The maximum atomic E-state index is 9.72. The van der Waals surface area contributed by atoms with Crippen LogP contribution in [0.5, 0.6) is 11.5 Å². The molecule has 0 fully saturated rings. The predicted molar refractivity (Wildman–Crippen MR) is 93.2 cm³/mol. The molecule has 0 radical (unpaired) electrons. The third-order valence-corrected chi connectivity index (χ3v) is 4.02. The molecule has 0 saturated carbocycles. The van der Waals surface area contributed by atoms with Crippen LogP contribution in [0.3, 0.4) is 0 Å². The zero-order valence-corrected chi connectivity index (χ0v) is 13.6. The number of ether oxygens (including phenoxy) is 2. The molecule has 3 aromatic rings. The summed E-state index contributed by atoms with van der Waals surface area (Å²) in [5, 5.41) is 10.3. The number of rotatable bonds is 2. The minimum absolute atomic E-state index is 0.0710. The number of benzene rings is 2. The number of halogens is 1. The van der Waals surface area contributed by atoms with Crippen molar-refractivity contribution in [2.24, 2.45) is 0 Å². The first-order valence-corrected chi connectivity index (χ1v) is 7.77. The number of hydrogen-bond donors (Lipinski definition) is 1. The summed E-state index contributed by atoms with van der Waals surface area (Å²) in [5.74, 6) is 1.32. The first kappa shape index (κ1) is 15.2. The van der Waals surface area contributed by atoms with Gasteiger partial charge in [0.2, 0.25) is 12.7 Å². The van der Waals surface area contributed by atoms with Crippen LogP contribution in [0.15, 0.2) is 42.5 Å². The van der Waals surface area contributed by atoms with Gasteiger partial charge in [-0.1, -0.05) is 23.7 Å². The molecule has 0 bridgehead atoms. The van der Waals surface area contributed by atoms with Gasteiger partial charge in [-0.2, -0.15) is 5.26 Å². The number of nitrogen functional groups attached to an aromatic ring is 1. The van der Waals surface area contributed by atoms with Gasteiger partial charge in [0, 0.05) is 16.1 Å². The molecule has 7 heteroatoms. The van der Waals surface area contributed by atoms with Crippen molar-refractivity contribution in [1.82, 2.24) is 9.97 Å². The number of aromatic nitrogens is 2. The summed E-state index contributed by atoms with van der Waals surface area (Å²) < 4.78 is 10.7. The normalized spacial score (nSPS) is 12.0. The van der Waals surface area contributed by atoms with Gasteiger partial charge in [-0.05, 0) is 30.3 Å². The van der Waals surface area contributed by atoms with Crippen LogP contribution in [0.1, 0.15) is 5.56 Å². The van der Waals surface area contributed by atoms with Crippen molar-refractivity contribution in [1.29, 1.82) is 5.26 Å². The number of anilines is 1. The molecule has 0 unspecified atom stereocenters. The first-order chi connectivity index (χ1) is 12.2. The van der Waals surface area contributed by atoms with Gasteiger partial charge in [-0.15, -0.1) is 0 Å². The maximum Gasteiger partial charge on any atom is 0.231 e. The summed E-state index contributed by atoms with van der Waals surface area (Å²) in [6.45, 7) is 0.170. The largest absolute Gasteiger partial charge is 0.454 e. The Morgan fingerprint density at radius 2 is 1.72 bits per heavy atom. The molecule has 2 heterocycles. The lowest BCUT2D eigenvalue weighted by atomic mass is 10.0. The minimum atomic E-state index is 0.0710. The highest BCUT2D eigenvalue weighted by Gasteiger charge is 2.20. The van der Waals surface area contributed by atoms with Crippen molar-refractivity contribution in [3.05, 3.63) is 53.1 Å². The van der Waals surface area contributed by atoms with Crippen LogP contribution in [0.2, 0.25) is 5.02 Å². The van der Waals surface area contributed by atoms with E-state index >= 15 is 0 Å². The Hall–Kier alpha value is -3.30. The van der Waals surface area contributed by atoms with E-state index in [9.17, 15) is 5.26 Å². The van der Waals surface area contributed by atoms with Crippen LogP contribution in [-0.4, -0.2) is 16.8 Å². The highest BCUT2D eigenvalue weighted by Crippen LogP contribution is 2.38. The zero-order valence-electron chi connectivity index (χ0n) is 12.9. The molecule has 1 aliphatic heterocycles. The zero-order chi connectivity index (χ0) is 17.4. The average molecular weight is 351 g/mol. The molecule has 4 rings (SSSR count). The second kappa shape index (κ2) is 5.96. The standard InChI is InChI=1S/C18H11ClN4O2/c19-12-3-1-2-10(6-12)16-13(8-20)17(23-18(21)22-16)11-4-5-14-15(7-11)25-9-24-14/h1-7H,9H2,(H2,21,22,23). The van der Waals surface area contributed by atoms with Gasteiger partial charge >= 0.3 is 0 Å². The van der Waals surface area contributed by atoms with Gasteiger partial charge in [-0.25, -0.2) is 9.97 Å². The number of nitrogens with zero attached hydrogens (tertiary/aromatic N) is 3. The van der Waals surface area contributed by atoms with Gasteiger partial charge < -0.3 is 15.2 Å². The van der Waals surface area contributed by atoms with Crippen LogP contribution in [-0.2, 0) is 0 Å². The van der Waals surface area contributed by atoms with Crippen molar-refractivity contribution in [3.8, 4) is 40.1 Å². The number of fused-ring (bicyclic) bond motifs is 1. The summed E-state index contributed by atoms with van der Waals surface area (Å²) in [4.78, 5) is 8.51. The van der Waals surface area contributed by atoms with Crippen molar-refractivity contribution < 1.29 is 9.47 Å². The SMILES string of the molecule is N#Cc1c(-c2cccc(Cl)c2)nc(N)nc1-c1ccc2c(c1)OCO2. The maximum absolute atomic E-state index is 9.72. The Kier molecular flexibility index (Phi) is 3.64. The van der Waals surface area contributed by atoms with Gasteiger partial charge in [0.25, 0.3) is 0 Å². The molecule has 1 aliphatic rings. The van der Waals surface area contributed by atoms with Gasteiger partial charge in [0.15, 0.2) is 11.5 Å². The fourth-order valence-electron chi connectivity index (χ4n) is 2.68. The summed E-state index contributed by atoms with van der Waals surface area (Å²) in [6.07, 6.45) is 0. The smallest absolute Gasteiger partial charge is 0.231 e. The molecule has 25 heavy (non-hydrogen) atoms. The Balaban J connectivity index is 1.93. The molecule has 0 aliphatic carbocycles. The number of nitrogens with two attached hydrogens (primary N) is 1. The number of hydrogen-bond acceptors (Lipinski definition) is 6. The second-order valence-corrected chi connectivity index (χ2v) is 5.78. The van der Waals surface area contributed by atoms with E-state index in [1.807, 2.05) is 6.07 Å². The van der Waals surface area contributed by atoms with Crippen LogP contribution < -0.4 is 15.2 Å². The van der Waals surface area contributed by atoms with Gasteiger partial charge in [0.1, 0.15) is 11.6 Å². The fraction of sp³-hybridized carbons (Fsp3) is 0.0556. The Morgan fingerprint density at radius 1 is 1.00 bits per heavy atom. The highest BCUT2D eigenvalue weighted by molar-refractivity contribution is 6.30. The fourth-order valence-corrected chi connectivity index (χ4v) is 2.87. The summed E-state index contributed by atoms with van der Waals surface area (Å²) in [5.41, 5.74) is 8.46. The van der Waals surface area contributed by atoms with E-state index in [1.165, 1.54) is 0 Å². The highest BCUT2D eigenvalue weighted by atomic mass is 35.5. The molecule has 2 N–H and O–H groups in total. The third kappa shape index (κ3) is 2.71. The Bertz CT molecular complexity index is 1030. The molecule has 0 saturated heterocycles. The molecule has 6 nitrogen and oxygen atoms in total. The topological polar surface area (TPSA) is 94.1 Å². The minimum Gasteiger partial charge on any atom is -0.454 e. The second-order valence-electron chi connectivity index (χ2n) is 5.34. The lowest BCUT2D eigenvalue weighted by Gasteiger charge is -2.10. The summed E-state index contributed by atoms with van der Waals surface area (Å²) in [7, 11) is 0. The molecule has 0 spiro atoms. The summed E-state index contributed by atoms with van der Waals surface area (Å²) in [6, 6.07) is 14.6. The Labute approximate surface area is 148 Å². The molecule has 1 aromatic heterocycles. The molecule has 2 aromatic carbocycles. The van der Waals surface area contributed by atoms with E-state index in [0.29, 0.717) is 44.6 Å². The molecular formula is C18H11ClN4O2. The predicted octanol–water partition coefficient (Wildman–Crippen LogP) is 3.65. The summed E-state index contributed by atoms with van der Waals surface area (Å²) >= 11 is 6.06. The van der Waals surface area contributed by atoms with Gasteiger partial charge in [0.05, 0.1) is 11.4 Å². The monoisotopic (exact) mass is 350 g/mol. The van der Waals surface area contributed by atoms with Crippen LogP contribution in [0.25, 0.3) is 22.5 Å². The van der Waals surface area contributed by atoms with Crippen LogP contribution >= 0.6 is 11.6 Å². The van der Waals surface area contributed by atoms with E-state index in [0.717, 1.165) is 0 Å². The van der Waals surface area contributed by atoms with Crippen molar-refractivity contribution in [2.45, 2.75) is 0 Å². The van der Waals surface area contributed by atoms with E-state index in [-0.39, 0.29) is 12.7 Å². The third-order valence-electron chi connectivity index (χ3n) is 3.78. The van der Waals surface area contributed by atoms with E-state index in [1.54, 1.807) is 36.4 Å². The molecular weight excluding hydrogens is 340 g/mol. The quantitative estimate of drug-likeness (QED) is 0.758. The molecule has 0 atom stereocenters. The van der Waals surface area contributed by atoms with Crippen molar-refractivity contribution in [3.63, 3.8) is 0 Å². The number of nitriles is 1. The molecule has 122 valence electrons. The van der Waals surface area contributed by atoms with Crippen molar-refractivity contribution >= 4 is 17.5 Å². The Morgan fingerprint density at radius 3 is 2.44 bits per heavy atom. The lowest BCUT2D eigenvalue weighted by molar-refractivity contribution is 0.174. The van der Waals surface area contributed by atoms with Crippen molar-refractivity contribution in [2.75, 3.05) is 12.5 Å². The first-order valence-electron chi connectivity index (χ1n) is 7.39. The van der Waals surface area contributed by atoms with E-state index in [4.69, 9.17) is 26.8 Å². The lowest BCUT2D eigenvalue weighted by Crippen LogP contribution is -2.03. The van der Waals surface area contributed by atoms with E-state index in [2.05, 4.69) is 16.0 Å². The van der Waals surface area contributed by atoms with Crippen LogP contribution in [0.4, 0.5) is 5.95 Å².